The fraction of sp³-hybridized carbons (Fsp3) is 1.00. The molecule has 0 aromatic carbocycles. The molecule has 3 heteroatoms. The highest BCUT2D eigenvalue weighted by atomic mass is 15.2. The summed E-state index contributed by atoms with van der Waals surface area (Å²) >= 11 is 0. The van der Waals surface area contributed by atoms with Gasteiger partial charge in [-0.15, -0.1) is 0 Å². The van der Waals surface area contributed by atoms with E-state index in [0.29, 0.717) is 5.54 Å². The summed E-state index contributed by atoms with van der Waals surface area (Å²) in [5.74, 6) is 1.70. The van der Waals surface area contributed by atoms with E-state index >= 15 is 0 Å². The summed E-state index contributed by atoms with van der Waals surface area (Å²) in [4.78, 5) is 5.12. The number of likely N-dealkylation sites (tertiary alicyclic amines) is 1. The fourth-order valence-electron chi connectivity index (χ4n) is 4.14. The predicted molar refractivity (Wildman–Crippen MR) is 82.2 cm³/mol. The molecule has 1 aliphatic carbocycles. The van der Waals surface area contributed by atoms with Crippen LogP contribution in [0.4, 0.5) is 0 Å². The molecular weight excluding hydrogens is 234 g/mol. The number of hydrogen-bond acceptors (Lipinski definition) is 3. The van der Waals surface area contributed by atoms with E-state index in [2.05, 4.69) is 37.7 Å². The van der Waals surface area contributed by atoms with Gasteiger partial charge in [0.1, 0.15) is 0 Å². The minimum Gasteiger partial charge on any atom is -0.329 e. The maximum Gasteiger partial charge on any atom is 0.0334 e. The summed E-state index contributed by atoms with van der Waals surface area (Å²) in [7, 11) is 4.42. The minimum atomic E-state index is 0.309. The molecule has 1 saturated heterocycles. The molecule has 1 aliphatic heterocycles. The van der Waals surface area contributed by atoms with Crippen molar-refractivity contribution in [2.45, 2.75) is 57.5 Å². The van der Waals surface area contributed by atoms with Gasteiger partial charge in [0.25, 0.3) is 0 Å². The molecule has 2 fully saturated rings. The Morgan fingerprint density at radius 2 is 1.74 bits per heavy atom. The molecule has 3 unspecified atom stereocenters. The van der Waals surface area contributed by atoms with Crippen molar-refractivity contribution >= 4 is 0 Å². The van der Waals surface area contributed by atoms with Crippen LogP contribution in [0.25, 0.3) is 0 Å². The third-order valence-electron chi connectivity index (χ3n) is 5.98. The lowest BCUT2D eigenvalue weighted by Crippen LogP contribution is -2.60. The largest absolute Gasteiger partial charge is 0.329 e. The van der Waals surface area contributed by atoms with Gasteiger partial charge in [0.05, 0.1) is 0 Å². The Hall–Kier alpha value is -0.120. The van der Waals surface area contributed by atoms with E-state index in [9.17, 15) is 0 Å². The van der Waals surface area contributed by atoms with Crippen LogP contribution in [0.1, 0.15) is 46.0 Å². The van der Waals surface area contributed by atoms with Gasteiger partial charge in [0.15, 0.2) is 0 Å². The normalized spacial score (nSPS) is 38.8. The van der Waals surface area contributed by atoms with Crippen LogP contribution < -0.4 is 5.73 Å². The lowest BCUT2D eigenvalue weighted by atomic mass is 9.70. The Labute approximate surface area is 119 Å². The third-order valence-corrected chi connectivity index (χ3v) is 5.98. The average Bonchev–Trinajstić information content (AvgIpc) is 2.42. The van der Waals surface area contributed by atoms with Crippen LogP contribution in [-0.2, 0) is 0 Å². The van der Waals surface area contributed by atoms with Crippen molar-refractivity contribution in [3.05, 3.63) is 0 Å². The molecule has 0 amide bonds. The molecule has 0 bridgehead atoms. The Bertz CT molecular complexity index is 284. The summed E-state index contributed by atoms with van der Waals surface area (Å²) in [5, 5.41) is 0. The van der Waals surface area contributed by atoms with Gasteiger partial charge in [0, 0.05) is 31.2 Å². The smallest absolute Gasteiger partial charge is 0.0334 e. The Morgan fingerprint density at radius 1 is 1.11 bits per heavy atom. The maximum absolute atomic E-state index is 6.22. The zero-order valence-corrected chi connectivity index (χ0v) is 13.4. The van der Waals surface area contributed by atoms with E-state index in [1.165, 1.54) is 45.2 Å². The molecule has 112 valence electrons. The van der Waals surface area contributed by atoms with E-state index in [1.807, 2.05) is 0 Å². The van der Waals surface area contributed by atoms with Crippen molar-refractivity contribution in [2.24, 2.45) is 17.6 Å². The molecule has 1 saturated carbocycles. The van der Waals surface area contributed by atoms with Crippen molar-refractivity contribution in [2.75, 3.05) is 33.7 Å². The van der Waals surface area contributed by atoms with Gasteiger partial charge >= 0.3 is 0 Å². The molecule has 0 aromatic heterocycles. The van der Waals surface area contributed by atoms with Gasteiger partial charge in [-0.05, 0) is 58.0 Å². The first kappa shape index (κ1) is 15.3. The molecular formula is C16H33N3. The first-order valence-corrected chi connectivity index (χ1v) is 8.10. The molecule has 0 radical (unpaired) electrons. The molecule has 2 aliphatic rings. The lowest BCUT2D eigenvalue weighted by molar-refractivity contribution is -0.00531. The molecule has 1 heterocycles. The van der Waals surface area contributed by atoms with Gasteiger partial charge in [-0.25, -0.2) is 0 Å². The molecule has 0 spiro atoms. The molecule has 0 aromatic rings. The monoisotopic (exact) mass is 267 g/mol. The zero-order chi connectivity index (χ0) is 14.0. The van der Waals surface area contributed by atoms with Crippen LogP contribution in [0, 0.1) is 11.8 Å². The summed E-state index contributed by atoms with van der Waals surface area (Å²) in [6.07, 6.45) is 6.57. The van der Waals surface area contributed by atoms with Crippen molar-refractivity contribution in [3.63, 3.8) is 0 Å². The van der Waals surface area contributed by atoms with Crippen molar-refractivity contribution < 1.29 is 0 Å². The summed E-state index contributed by atoms with van der Waals surface area (Å²) < 4.78 is 0. The van der Waals surface area contributed by atoms with Crippen molar-refractivity contribution in [3.8, 4) is 0 Å². The molecule has 3 nitrogen and oxygen atoms in total. The summed E-state index contributed by atoms with van der Waals surface area (Å²) in [6.45, 7) is 8.14. The number of nitrogens with zero attached hydrogens (tertiary/aromatic N) is 2. The number of piperidine rings is 1. The van der Waals surface area contributed by atoms with E-state index in [-0.39, 0.29) is 0 Å². The molecule has 3 atom stereocenters. The molecule has 2 rings (SSSR count). The molecule has 2 N–H and O–H groups in total. The second kappa shape index (κ2) is 6.11. The van der Waals surface area contributed by atoms with Crippen LogP contribution in [0.2, 0.25) is 0 Å². The van der Waals surface area contributed by atoms with Crippen LogP contribution in [0.3, 0.4) is 0 Å². The van der Waals surface area contributed by atoms with Gasteiger partial charge in [0.2, 0.25) is 0 Å². The maximum atomic E-state index is 6.22. The second-order valence-electron chi connectivity index (χ2n) is 7.31. The molecule has 19 heavy (non-hydrogen) atoms. The first-order chi connectivity index (χ1) is 8.98. The zero-order valence-electron chi connectivity index (χ0n) is 13.4. The Kier molecular flexibility index (Phi) is 4.91. The summed E-state index contributed by atoms with van der Waals surface area (Å²) in [5.41, 5.74) is 6.53. The first-order valence-electron chi connectivity index (χ1n) is 8.10. The third kappa shape index (κ3) is 3.14. The average molecular weight is 267 g/mol. The minimum absolute atomic E-state index is 0.309. The standard InChI is InChI=1S/C16H33N3/c1-13-5-8-16(12-17,11-14(13)2)19-9-6-15(7-10-19)18(3)4/h13-15H,5-12,17H2,1-4H3. The van der Waals surface area contributed by atoms with Crippen molar-refractivity contribution in [1.82, 2.24) is 9.80 Å². The van der Waals surface area contributed by atoms with Gasteiger partial charge < -0.3 is 10.6 Å². The number of hydrogen-bond donors (Lipinski definition) is 1. The van der Waals surface area contributed by atoms with Gasteiger partial charge in [-0.1, -0.05) is 13.8 Å². The topological polar surface area (TPSA) is 32.5 Å². The van der Waals surface area contributed by atoms with E-state index in [1.54, 1.807) is 0 Å². The van der Waals surface area contributed by atoms with Gasteiger partial charge in [-0.3, -0.25) is 4.90 Å². The highest BCUT2D eigenvalue weighted by Gasteiger charge is 2.42. The van der Waals surface area contributed by atoms with Crippen LogP contribution in [0.15, 0.2) is 0 Å². The number of rotatable bonds is 3. The van der Waals surface area contributed by atoms with Crippen LogP contribution in [0.5, 0.6) is 0 Å². The highest BCUT2D eigenvalue weighted by molar-refractivity contribution is 4.99. The SMILES string of the molecule is CC1CCC(CN)(N2CCC(N(C)C)CC2)CC1C. The quantitative estimate of drug-likeness (QED) is 0.850. The summed E-state index contributed by atoms with van der Waals surface area (Å²) in [6, 6.07) is 0.769. The van der Waals surface area contributed by atoms with E-state index in [4.69, 9.17) is 5.73 Å². The Morgan fingerprint density at radius 3 is 2.21 bits per heavy atom. The predicted octanol–water partition coefficient (Wildman–Crippen LogP) is 2.17. The Balaban J connectivity index is 1.99. The van der Waals surface area contributed by atoms with Crippen molar-refractivity contribution in [1.29, 1.82) is 0 Å². The van der Waals surface area contributed by atoms with Gasteiger partial charge in [-0.2, -0.15) is 0 Å². The lowest BCUT2D eigenvalue weighted by Gasteiger charge is -2.52. The van der Waals surface area contributed by atoms with Crippen LogP contribution >= 0.6 is 0 Å². The van der Waals surface area contributed by atoms with E-state index < -0.39 is 0 Å². The van der Waals surface area contributed by atoms with Crippen LogP contribution in [-0.4, -0.2) is 55.1 Å². The fourth-order valence-corrected chi connectivity index (χ4v) is 4.14. The van der Waals surface area contributed by atoms with E-state index in [0.717, 1.165) is 24.4 Å². The second-order valence-corrected chi connectivity index (χ2v) is 7.31. The number of nitrogens with two attached hydrogens (primary N) is 1. The highest BCUT2D eigenvalue weighted by Crippen LogP contribution is 2.40.